The monoisotopic (exact) mass is 527 g/mol. The van der Waals surface area contributed by atoms with Gasteiger partial charge in [0.05, 0.1) is 5.56 Å². The summed E-state index contributed by atoms with van der Waals surface area (Å²) < 4.78 is 11.7. The first-order valence-electron chi connectivity index (χ1n) is 11.7. The van der Waals surface area contributed by atoms with Crippen LogP contribution in [0.5, 0.6) is 5.75 Å². The Balaban J connectivity index is 1.44. The van der Waals surface area contributed by atoms with Crippen molar-refractivity contribution in [3.05, 3.63) is 107 Å². The highest BCUT2D eigenvalue weighted by Crippen LogP contribution is 2.36. The predicted molar refractivity (Wildman–Crippen MR) is 144 cm³/mol. The summed E-state index contributed by atoms with van der Waals surface area (Å²) in [5.41, 5.74) is 2.09. The van der Waals surface area contributed by atoms with Crippen molar-refractivity contribution in [2.45, 2.75) is 20.1 Å². The summed E-state index contributed by atoms with van der Waals surface area (Å²) in [6.07, 6.45) is -0.857. The molecular formula is C29H22ClN3O5. The minimum Gasteiger partial charge on any atom is -0.446 e. The lowest BCUT2D eigenvalue weighted by Gasteiger charge is -2.20. The van der Waals surface area contributed by atoms with E-state index in [0.29, 0.717) is 27.4 Å². The number of anilines is 1. The second-order valence-electron chi connectivity index (χ2n) is 8.58. The largest absolute Gasteiger partial charge is 0.446 e. The number of nitrogens with zero attached hydrogens (tertiary/aromatic N) is 2. The fourth-order valence-corrected chi connectivity index (χ4v) is 4.35. The number of rotatable bonds is 5. The SMILES string of the molecule is CC(=O)Oc1ccc2ccccc2c1C1=NN(C(C)=O)[C@H](c2ccc(NC(=O)c3cccc(Cl)c3)cc2)O1. The molecule has 8 nitrogen and oxygen atoms in total. The number of nitrogens with one attached hydrogen (secondary N) is 1. The quantitative estimate of drug-likeness (QED) is 0.257. The first-order valence-corrected chi connectivity index (χ1v) is 12.1. The van der Waals surface area contributed by atoms with Gasteiger partial charge in [-0.15, -0.1) is 5.10 Å². The number of hydrazone groups is 1. The molecule has 4 aromatic rings. The third kappa shape index (κ3) is 5.07. The van der Waals surface area contributed by atoms with E-state index in [9.17, 15) is 14.4 Å². The van der Waals surface area contributed by atoms with Crippen molar-refractivity contribution < 1.29 is 23.9 Å². The molecule has 1 aliphatic heterocycles. The molecule has 0 radical (unpaired) electrons. The number of carbonyl (C=O) groups is 3. The number of hydrogen-bond donors (Lipinski definition) is 1. The first kappa shape index (κ1) is 25.0. The van der Waals surface area contributed by atoms with Crippen LogP contribution in [-0.2, 0) is 14.3 Å². The predicted octanol–water partition coefficient (Wildman–Crippen LogP) is 5.91. The van der Waals surface area contributed by atoms with E-state index in [0.717, 1.165) is 10.8 Å². The maximum absolute atomic E-state index is 12.6. The van der Waals surface area contributed by atoms with Gasteiger partial charge in [-0.1, -0.05) is 60.1 Å². The molecule has 0 fully saturated rings. The molecule has 38 heavy (non-hydrogen) atoms. The molecule has 4 aromatic carbocycles. The number of fused-ring (bicyclic) bond motifs is 1. The van der Waals surface area contributed by atoms with E-state index in [1.165, 1.54) is 18.9 Å². The Morgan fingerprint density at radius 1 is 0.947 bits per heavy atom. The number of carbonyl (C=O) groups excluding carboxylic acids is 3. The summed E-state index contributed by atoms with van der Waals surface area (Å²) in [7, 11) is 0. The maximum Gasteiger partial charge on any atom is 0.308 e. The molecule has 2 amide bonds. The van der Waals surface area contributed by atoms with Crippen molar-refractivity contribution >= 4 is 51.7 Å². The van der Waals surface area contributed by atoms with Crippen LogP contribution in [0.2, 0.25) is 5.02 Å². The Labute approximate surface area is 223 Å². The van der Waals surface area contributed by atoms with Crippen molar-refractivity contribution in [1.29, 1.82) is 0 Å². The van der Waals surface area contributed by atoms with Crippen molar-refractivity contribution in [1.82, 2.24) is 5.01 Å². The maximum atomic E-state index is 12.6. The average Bonchev–Trinajstić information content (AvgIpc) is 3.34. The zero-order chi connectivity index (χ0) is 26.8. The molecule has 1 N–H and O–H groups in total. The van der Waals surface area contributed by atoms with E-state index in [-0.39, 0.29) is 23.5 Å². The molecule has 0 spiro atoms. The fraction of sp³-hybridized carbons (Fsp3) is 0.103. The normalized spacial score (nSPS) is 14.6. The first-order chi connectivity index (χ1) is 18.3. The van der Waals surface area contributed by atoms with Crippen LogP contribution in [0.3, 0.4) is 0 Å². The standard InChI is InChI=1S/C29H22ClN3O5/c1-17(34)33-29(20-10-13-23(14-11-20)31-27(36)21-7-5-8-22(30)16-21)38-28(32-33)26-24-9-4-3-6-19(24)12-15-25(26)37-18(2)35/h3-16,29H,1-2H3,(H,31,36)/t29-/m0/s1. The Kier molecular flexibility index (Phi) is 6.81. The summed E-state index contributed by atoms with van der Waals surface area (Å²) in [5, 5.41) is 10.6. The van der Waals surface area contributed by atoms with Gasteiger partial charge in [-0.2, -0.15) is 5.01 Å². The van der Waals surface area contributed by atoms with Crippen LogP contribution in [0.15, 0.2) is 90.0 Å². The number of benzene rings is 4. The molecule has 1 heterocycles. The van der Waals surface area contributed by atoms with Gasteiger partial charge in [0.2, 0.25) is 18.0 Å². The average molecular weight is 528 g/mol. The van der Waals surface area contributed by atoms with Gasteiger partial charge in [0.25, 0.3) is 5.91 Å². The summed E-state index contributed by atoms with van der Waals surface area (Å²) in [5.74, 6) is -0.704. The van der Waals surface area contributed by atoms with E-state index >= 15 is 0 Å². The Bertz CT molecular complexity index is 1600. The molecule has 1 aliphatic rings. The fourth-order valence-electron chi connectivity index (χ4n) is 4.16. The molecule has 0 aromatic heterocycles. The van der Waals surface area contributed by atoms with Crippen molar-refractivity contribution in [2.24, 2.45) is 5.10 Å². The van der Waals surface area contributed by atoms with E-state index in [4.69, 9.17) is 21.1 Å². The van der Waals surface area contributed by atoms with Gasteiger partial charge in [0.15, 0.2) is 0 Å². The van der Waals surface area contributed by atoms with Gasteiger partial charge in [0, 0.05) is 35.7 Å². The van der Waals surface area contributed by atoms with E-state index in [1.54, 1.807) is 54.6 Å². The molecule has 1 atom stereocenters. The molecule has 5 rings (SSSR count). The van der Waals surface area contributed by atoms with Crippen LogP contribution in [0.1, 0.15) is 41.6 Å². The molecule has 0 saturated carbocycles. The van der Waals surface area contributed by atoms with Crippen LogP contribution in [-0.4, -0.2) is 28.7 Å². The van der Waals surface area contributed by atoms with E-state index in [1.807, 2.05) is 30.3 Å². The molecule has 0 unspecified atom stereocenters. The third-order valence-corrected chi connectivity index (χ3v) is 6.10. The Hall–Kier alpha value is -4.69. The van der Waals surface area contributed by atoms with Crippen LogP contribution >= 0.6 is 11.6 Å². The third-order valence-electron chi connectivity index (χ3n) is 5.87. The van der Waals surface area contributed by atoms with Gasteiger partial charge < -0.3 is 14.8 Å². The molecular weight excluding hydrogens is 506 g/mol. The Morgan fingerprint density at radius 2 is 1.71 bits per heavy atom. The second-order valence-corrected chi connectivity index (χ2v) is 9.02. The van der Waals surface area contributed by atoms with Gasteiger partial charge >= 0.3 is 5.97 Å². The highest BCUT2D eigenvalue weighted by Gasteiger charge is 2.35. The van der Waals surface area contributed by atoms with Crippen molar-refractivity contribution in [2.75, 3.05) is 5.32 Å². The van der Waals surface area contributed by atoms with Crippen molar-refractivity contribution in [3.8, 4) is 5.75 Å². The smallest absolute Gasteiger partial charge is 0.308 e. The second kappa shape index (κ2) is 10.4. The highest BCUT2D eigenvalue weighted by molar-refractivity contribution is 6.31. The lowest BCUT2D eigenvalue weighted by atomic mass is 10.0. The van der Waals surface area contributed by atoms with Crippen LogP contribution in [0, 0.1) is 0 Å². The summed E-state index contributed by atoms with van der Waals surface area (Å²) in [6.45, 7) is 2.70. The number of ether oxygens (including phenoxy) is 2. The number of hydrogen-bond acceptors (Lipinski definition) is 6. The Morgan fingerprint density at radius 3 is 2.42 bits per heavy atom. The van der Waals surface area contributed by atoms with Crippen LogP contribution in [0.25, 0.3) is 10.8 Å². The van der Waals surface area contributed by atoms with Gasteiger partial charge in [-0.25, -0.2) is 0 Å². The molecule has 9 heteroatoms. The summed E-state index contributed by atoms with van der Waals surface area (Å²) in [4.78, 5) is 36.9. The minimum absolute atomic E-state index is 0.150. The van der Waals surface area contributed by atoms with Crippen LogP contribution in [0.4, 0.5) is 5.69 Å². The zero-order valence-electron chi connectivity index (χ0n) is 20.5. The highest BCUT2D eigenvalue weighted by atomic mass is 35.5. The molecule has 190 valence electrons. The van der Waals surface area contributed by atoms with Gasteiger partial charge in [0.1, 0.15) is 5.75 Å². The molecule has 0 aliphatic carbocycles. The topological polar surface area (TPSA) is 97.3 Å². The zero-order valence-corrected chi connectivity index (χ0v) is 21.2. The summed E-state index contributed by atoms with van der Waals surface area (Å²) in [6, 6.07) is 24.6. The van der Waals surface area contributed by atoms with E-state index in [2.05, 4.69) is 10.4 Å². The number of halogens is 1. The number of esters is 1. The minimum atomic E-state index is -0.857. The number of amides is 2. The lowest BCUT2D eigenvalue weighted by Crippen LogP contribution is -2.25. The van der Waals surface area contributed by atoms with Gasteiger partial charge in [-0.3, -0.25) is 14.4 Å². The van der Waals surface area contributed by atoms with E-state index < -0.39 is 12.2 Å². The summed E-state index contributed by atoms with van der Waals surface area (Å²) >= 11 is 5.99. The van der Waals surface area contributed by atoms with Gasteiger partial charge in [-0.05, 0) is 47.2 Å². The van der Waals surface area contributed by atoms with Crippen molar-refractivity contribution in [3.63, 3.8) is 0 Å². The molecule has 0 bridgehead atoms. The van der Waals surface area contributed by atoms with Crippen LogP contribution < -0.4 is 10.1 Å². The lowest BCUT2D eigenvalue weighted by molar-refractivity contribution is -0.135. The molecule has 0 saturated heterocycles.